The van der Waals surface area contributed by atoms with E-state index in [4.69, 9.17) is 5.11 Å². The van der Waals surface area contributed by atoms with Crippen molar-refractivity contribution in [2.45, 2.75) is 26.3 Å². The summed E-state index contributed by atoms with van der Waals surface area (Å²) in [7, 11) is 3.19. The number of urea groups is 1. The Morgan fingerprint density at radius 2 is 1.83 bits per heavy atom. The van der Waals surface area contributed by atoms with Gasteiger partial charge in [0.2, 0.25) is 5.91 Å². The second-order valence-corrected chi connectivity index (χ2v) is 4.25. The standard InChI is InChI=1S/C11H21N3O4/c1-5-8(10(16)17)6-12-11(18)13-7(2)9(15)14(3)4/h7-8H,5-6H2,1-4H3,(H,16,17)(H2,12,13,18). The van der Waals surface area contributed by atoms with Gasteiger partial charge >= 0.3 is 12.0 Å². The molecule has 0 bridgehead atoms. The van der Waals surface area contributed by atoms with Gasteiger partial charge in [0.25, 0.3) is 0 Å². The Kier molecular flexibility index (Phi) is 6.77. The van der Waals surface area contributed by atoms with Gasteiger partial charge in [-0.3, -0.25) is 9.59 Å². The number of hydrogen-bond acceptors (Lipinski definition) is 3. The summed E-state index contributed by atoms with van der Waals surface area (Å²) >= 11 is 0. The number of amides is 3. The number of carboxylic acid groups (broad SMARTS) is 1. The Labute approximate surface area is 107 Å². The molecule has 7 heteroatoms. The van der Waals surface area contributed by atoms with Gasteiger partial charge in [-0.1, -0.05) is 6.92 Å². The SMILES string of the molecule is CCC(CNC(=O)NC(C)C(=O)N(C)C)C(=O)O. The monoisotopic (exact) mass is 259 g/mol. The predicted molar refractivity (Wildman–Crippen MR) is 66.1 cm³/mol. The third-order valence-corrected chi connectivity index (χ3v) is 2.51. The van der Waals surface area contributed by atoms with Crippen molar-refractivity contribution in [3.8, 4) is 0 Å². The Balaban J connectivity index is 4.12. The van der Waals surface area contributed by atoms with Crippen molar-refractivity contribution in [2.75, 3.05) is 20.6 Å². The lowest BCUT2D eigenvalue weighted by Gasteiger charge is -2.19. The van der Waals surface area contributed by atoms with Crippen molar-refractivity contribution >= 4 is 17.9 Å². The fraction of sp³-hybridized carbons (Fsp3) is 0.727. The molecule has 2 unspecified atom stereocenters. The molecule has 0 aromatic carbocycles. The number of aliphatic carboxylic acids is 1. The lowest BCUT2D eigenvalue weighted by atomic mass is 10.1. The van der Waals surface area contributed by atoms with Crippen molar-refractivity contribution in [2.24, 2.45) is 5.92 Å². The van der Waals surface area contributed by atoms with Crippen LogP contribution in [0.25, 0.3) is 0 Å². The Hall–Kier alpha value is -1.79. The first-order chi connectivity index (χ1) is 8.29. The van der Waals surface area contributed by atoms with Crippen LogP contribution in [0, 0.1) is 5.92 Å². The smallest absolute Gasteiger partial charge is 0.315 e. The number of carbonyl (C=O) groups is 3. The van der Waals surface area contributed by atoms with Gasteiger partial charge in [-0.05, 0) is 13.3 Å². The van der Waals surface area contributed by atoms with Gasteiger partial charge in [0.1, 0.15) is 6.04 Å². The van der Waals surface area contributed by atoms with Gasteiger partial charge in [-0.25, -0.2) is 4.79 Å². The molecule has 3 N–H and O–H groups in total. The van der Waals surface area contributed by atoms with Gasteiger partial charge in [0, 0.05) is 20.6 Å². The lowest BCUT2D eigenvalue weighted by Crippen LogP contribution is -2.49. The minimum atomic E-state index is -0.949. The van der Waals surface area contributed by atoms with Crippen LogP contribution in [-0.2, 0) is 9.59 Å². The quantitative estimate of drug-likeness (QED) is 0.619. The van der Waals surface area contributed by atoms with Crippen molar-refractivity contribution < 1.29 is 19.5 Å². The second kappa shape index (κ2) is 7.52. The van der Waals surface area contributed by atoms with Crippen LogP contribution in [0.3, 0.4) is 0 Å². The molecular weight excluding hydrogens is 238 g/mol. The summed E-state index contributed by atoms with van der Waals surface area (Å²) in [5.41, 5.74) is 0. The van der Waals surface area contributed by atoms with Crippen LogP contribution in [0.1, 0.15) is 20.3 Å². The highest BCUT2D eigenvalue weighted by Crippen LogP contribution is 2.00. The molecular formula is C11H21N3O4. The summed E-state index contributed by atoms with van der Waals surface area (Å²) in [5, 5.41) is 13.7. The van der Waals surface area contributed by atoms with Crippen molar-refractivity contribution in [3.63, 3.8) is 0 Å². The highest BCUT2D eigenvalue weighted by molar-refractivity contribution is 5.86. The molecule has 0 saturated carbocycles. The zero-order chi connectivity index (χ0) is 14.3. The van der Waals surface area contributed by atoms with Gasteiger partial charge in [0.05, 0.1) is 5.92 Å². The first-order valence-corrected chi connectivity index (χ1v) is 5.77. The highest BCUT2D eigenvalue weighted by Gasteiger charge is 2.19. The molecule has 0 fully saturated rings. The highest BCUT2D eigenvalue weighted by atomic mass is 16.4. The maximum atomic E-state index is 11.5. The van der Waals surface area contributed by atoms with Crippen LogP contribution >= 0.6 is 0 Å². The number of carbonyl (C=O) groups excluding carboxylic acids is 2. The molecule has 0 aliphatic rings. The fourth-order valence-electron chi connectivity index (χ4n) is 1.32. The zero-order valence-corrected chi connectivity index (χ0v) is 11.2. The van der Waals surface area contributed by atoms with E-state index >= 15 is 0 Å². The fourth-order valence-corrected chi connectivity index (χ4v) is 1.32. The molecule has 7 nitrogen and oxygen atoms in total. The van der Waals surface area contributed by atoms with Crippen LogP contribution < -0.4 is 10.6 Å². The Bertz CT molecular complexity index is 317. The molecule has 0 rings (SSSR count). The van der Waals surface area contributed by atoms with Gasteiger partial charge in [0.15, 0.2) is 0 Å². The number of carboxylic acids is 1. The largest absolute Gasteiger partial charge is 0.481 e. The molecule has 0 heterocycles. The molecule has 104 valence electrons. The maximum Gasteiger partial charge on any atom is 0.315 e. The van der Waals surface area contributed by atoms with Crippen molar-refractivity contribution in [1.82, 2.24) is 15.5 Å². The number of hydrogen-bond donors (Lipinski definition) is 3. The number of nitrogens with one attached hydrogen (secondary N) is 2. The number of rotatable bonds is 6. The average molecular weight is 259 g/mol. The van der Waals surface area contributed by atoms with Crippen molar-refractivity contribution in [1.29, 1.82) is 0 Å². The topological polar surface area (TPSA) is 98.7 Å². The lowest BCUT2D eigenvalue weighted by molar-refractivity contribution is -0.141. The van der Waals surface area contributed by atoms with E-state index < -0.39 is 24.0 Å². The molecule has 0 spiro atoms. The van der Waals surface area contributed by atoms with Crippen LogP contribution in [-0.4, -0.2) is 54.6 Å². The summed E-state index contributed by atoms with van der Waals surface area (Å²) in [6.07, 6.45) is 0.432. The molecule has 0 saturated heterocycles. The Morgan fingerprint density at radius 3 is 2.22 bits per heavy atom. The summed E-state index contributed by atoms with van der Waals surface area (Å²) in [4.78, 5) is 35.0. The van der Waals surface area contributed by atoms with E-state index in [1.54, 1.807) is 27.9 Å². The molecule has 0 aliphatic carbocycles. The minimum Gasteiger partial charge on any atom is -0.481 e. The van der Waals surface area contributed by atoms with Crippen LogP contribution in [0.4, 0.5) is 4.79 Å². The van der Waals surface area contributed by atoms with E-state index in [9.17, 15) is 14.4 Å². The number of nitrogens with zero attached hydrogens (tertiary/aromatic N) is 1. The van der Waals surface area contributed by atoms with Crippen LogP contribution in [0.5, 0.6) is 0 Å². The summed E-state index contributed by atoms with van der Waals surface area (Å²) in [6.45, 7) is 3.34. The Morgan fingerprint density at radius 1 is 1.28 bits per heavy atom. The molecule has 3 amide bonds. The van der Waals surface area contributed by atoms with E-state index in [2.05, 4.69) is 10.6 Å². The van der Waals surface area contributed by atoms with E-state index in [0.29, 0.717) is 6.42 Å². The third-order valence-electron chi connectivity index (χ3n) is 2.51. The molecule has 0 radical (unpaired) electrons. The predicted octanol–water partition coefficient (Wildman–Crippen LogP) is -0.127. The molecule has 0 aromatic rings. The normalized spacial score (nSPS) is 13.3. The van der Waals surface area contributed by atoms with Gasteiger partial charge in [-0.15, -0.1) is 0 Å². The molecule has 18 heavy (non-hydrogen) atoms. The van der Waals surface area contributed by atoms with E-state index in [1.165, 1.54) is 4.90 Å². The van der Waals surface area contributed by atoms with Crippen molar-refractivity contribution in [3.05, 3.63) is 0 Å². The first kappa shape index (κ1) is 16.2. The van der Waals surface area contributed by atoms with Gasteiger partial charge in [-0.2, -0.15) is 0 Å². The molecule has 2 atom stereocenters. The zero-order valence-electron chi connectivity index (χ0n) is 11.2. The maximum absolute atomic E-state index is 11.5. The van der Waals surface area contributed by atoms with Crippen LogP contribution in [0.2, 0.25) is 0 Å². The molecule has 0 aromatic heterocycles. The summed E-state index contributed by atoms with van der Waals surface area (Å²) in [5.74, 6) is -1.79. The van der Waals surface area contributed by atoms with E-state index in [0.717, 1.165) is 0 Å². The molecule has 0 aliphatic heterocycles. The third kappa shape index (κ3) is 5.51. The van der Waals surface area contributed by atoms with E-state index in [1.807, 2.05) is 0 Å². The van der Waals surface area contributed by atoms with E-state index in [-0.39, 0.29) is 12.5 Å². The first-order valence-electron chi connectivity index (χ1n) is 5.77. The minimum absolute atomic E-state index is 0.0422. The van der Waals surface area contributed by atoms with Crippen LogP contribution in [0.15, 0.2) is 0 Å². The summed E-state index contributed by atoms with van der Waals surface area (Å²) < 4.78 is 0. The summed E-state index contributed by atoms with van der Waals surface area (Å²) in [6, 6.07) is -1.19. The second-order valence-electron chi connectivity index (χ2n) is 4.25. The van der Waals surface area contributed by atoms with Gasteiger partial charge < -0.3 is 20.6 Å². The average Bonchev–Trinajstić information content (AvgIpc) is 2.27. The number of likely N-dealkylation sites (N-methyl/N-ethyl adjacent to an activating group) is 1.